The van der Waals surface area contributed by atoms with Gasteiger partial charge in [0.15, 0.2) is 11.9 Å². The molecule has 3 aliphatic heterocycles. The normalized spacial score (nSPS) is 29.1. The molecule has 1 aromatic carbocycles. The summed E-state index contributed by atoms with van der Waals surface area (Å²) >= 11 is 12.5. The van der Waals surface area contributed by atoms with Crippen LogP contribution in [0.25, 0.3) is 0 Å². The van der Waals surface area contributed by atoms with E-state index in [0.29, 0.717) is 28.4 Å². The predicted molar refractivity (Wildman–Crippen MR) is 104 cm³/mol. The fourth-order valence-electron chi connectivity index (χ4n) is 4.73. The van der Waals surface area contributed by atoms with E-state index in [-0.39, 0.29) is 23.9 Å². The van der Waals surface area contributed by atoms with Gasteiger partial charge in [0.1, 0.15) is 0 Å². The molecule has 8 heteroatoms. The average molecular weight is 409 g/mol. The lowest BCUT2D eigenvalue weighted by molar-refractivity contribution is -0.125. The Bertz CT molecular complexity index is 773. The molecule has 3 heterocycles. The number of anilines is 1. The zero-order chi connectivity index (χ0) is 19.1. The molecule has 0 aromatic heterocycles. The van der Waals surface area contributed by atoms with Crippen molar-refractivity contribution >= 4 is 34.8 Å². The number of carbonyl (C=O) groups is 1. The van der Waals surface area contributed by atoms with E-state index in [0.717, 1.165) is 37.9 Å². The number of rotatable bonds is 4. The van der Waals surface area contributed by atoms with E-state index in [1.165, 1.54) is 7.11 Å². The van der Waals surface area contributed by atoms with Crippen LogP contribution in [0, 0.1) is 17.4 Å². The van der Waals surface area contributed by atoms with Crippen molar-refractivity contribution in [2.45, 2.75) is 43.8 Å². The number of nitrogens with one attached hydrogen (secondary N) is 1. The summed E-state index contributed by atoms with van der Waals surface area (Å²) in [5, 5.41) is 13.4. The first-order valence-electron chi connectivity index (χ1n) is 9.28. The van der Waals surface area contributed by atoms with E-state index in [1.54, 1.807) is 0 Å². The summed E-state index contributed by atoms with van der Waals surface area (Å²) in [6.45, 7) is 1.41. The molecule has 1 unspecified atom stereocenters. The average Bonchev–Trinajstić information content (AvgIpc) is 3.35. The van der Waals surface area contributed by atoms with Gasteiger partial charge >= 0.3 is 0 Å². The summed E-state index contributed by atoms with van der Waals surface area (Å²) in [5.41, 5.74) is 0.900. The zero-order valence-electron chi connectivity index (χ0n) is 15.1. The Morgan fingerprint density at radius 2 is 2.04 bits per heavy atom. The van der Waals surface area contributed by atoms with Crippen LogP contribution in [0.3, 0.4) is 0 Å². The fraction of sp³-hybridized carbons (Fsp3) is 0.579. The number of benzene rings is 1. The van der Waals surface area contributed by atoms with E-state index in [1.807, 2.05) is 17.0 Å². The first kappa shape index (κ1) is 18.5. The molecule has 0 aliphatic carbocycles. The highest BCUT2D eigenvalue weighted by Crippen LogP contribution is 2.39. The molecule has 6 nitrogen and oxygen atoms in total. The number of hydrogen-bond donors (Lipinski definition) is 1. The van der Waals surface area contributed by atoms with Crippen LogP contribution in [0.2, 0.25) is 10.0 Å². The van der Waals surface area contributed by atoms with Gasteiger partial charge in [0.25, 0.3) is 0 Å². The quantitative estimate of drug-likeness (QED) is 0.775. The second kappa shape index (κ2) is 7.29. The van der Waals surface area contributed by atoms with Crippen LogP contribution in [0.5, 0.6) is 5.75 Å². The zero-order valence-corrected chi connectivity index (χ0v) is 16.6. The van der Waals surface area contributed by atoms with Gasteiger partial charge in [-0.2, -0.15) is 5.26 Å². The van der Waals surface area contributed by atoms with Gasteiger partial charge in [-0.15, -0.1) is 0 Å². The Labute approximate surface area is 169 Å². The third-order valence-electron chi connectivity index (χ3n) is 6.09. The Hall–Kier alpha value is -1.84. The van der Waals surface area contributed by atoms with E-state index >= 15 is 0 Å². The molecule has 4 rings (SSSR count). The summed E-state index contributed by atoms with van der Waals surface area (Å²) in [7, 11) is 1.53. The van der Waals surface area contributed by atoms with E-state index < -0.39 is 0 Å². The van der Waals surface area contributed by atoms with Crippen molar-refractivity contribution in [2.75, 3.05) is 25.1 Å². The van der Waals surface area contributed by atoms with Crippen LogP contribution in [-0.2, 0) is 4.79 Å². The molecule has 1 aromatic rings. The van der Waals surface area contributed by atoms with Crippen LogP contribution in [-0.4, -0.2) is 49.1 Å². The fourth-order valence-corrected chi connectivity index (χ4v) is 5.36. The molecule has 4 atom stereocenters. The van der Waals surface area contributed by atoms with Crippen molar-refractivity contribution in [1.29, 1.82) is 5.26 Å². The maximum absolute atomic E-state index is 12.8. The number of hydrogen-bond acceptors (Lipinski definition) is 5. The summed E-state index contributed by atoms with van der Waals surface area (Å²) in [4.78, 5) is 16.8. The maximum atomic E-state index is 12.8. The van der Waals surface area contributed by atoms with Crippen molar-refractivity contribution in [3.05, 3.63) is 22.2 Å². The van der Waals surface area contributed by atoms with Crippen molar-refractivity contribution in [3.63, 3.8) is 0 Å². The SMILES string of the molecule is COc1c(Cl)cc(N2CCC(C(=O)N[C@@H]3C[C@@H]4CC[C@H]3N4C#N)C2)cc1Cl. The lowest BCUT2D eigenvalue weighted by Crippen LogP contribution is -2.46. The summed E-state index contributed by atoms with van der Waals surface area (Å²) in [6, 6.07) is 4.21. The van der Waals surface area contributed by atoms with Gasteiger partial charge in [-0.25, -0.2) is 0 Å². The van der Waals surface area contributed by atoms with Crippen LogP contribution >= 0.6 is 23.2 Å². The molecule has 3 fully saturated rings. The number of nitrogens with zero attached hydrogens (tertiary/aromatic N) is 3. The molecule has 0 spiro atoms. The highest BCUT2D eigenvalue weighted by atomic mass is 35.5. The molecule has 144 valence electrons. The topological polar surface area (TPSA) is 68.6 Å². The molecular weight excluding hydrogens is 387 g/mol. The molecule has 27 heavy (non-hydrogen) atoms. The Morgan fingerprint density at radius 1 is 1.30 bits per heavy atom. The number of fused-ring (bicyclic) bond motifs is 2. The number of halogens is 2. The van der Waals surface area contributed by atoms with Gasteiger partial charge in [0.05, 0.1) is 35.2 Å². The van der Waals surface area contributed by atoms with Crippen molar-refractivity contribution < 1.29 is 9.53 Å². The minimum absolute atomic E-state index is 0.0701. The second-order valence-corrected chi connectivity index (χ2v) is 8.35. The standard InChI is InChI=1S/C19H22Cl2N4O2/c1-27-18-14(20)6-13(7-15(18)21)24-5-4-11(9-24)19(26)23-16-8-12-2-3-17(16)25(12)10-22/h6-7,11-12,16-17H,2-5,8-9H2,1H3,(H,23,26)/t11?,12-,16+,17+/m0/s1. The first-order valence-corrected chi connectivity index (χ1v) is 10.0. The Morgan fingerprint density at radius 3 is 2.67 bits per heavy atom. The van der Waals surface area contributed by atoms with Gasteiger partial charge in [0, 0.05) is 24.8 Å². The summed E-state index contributed by atoms with van der Waals surface area (Å²) in [5.74, 6) is 0.479. The van der Waals surface area contributed by atoms with E-state index in [9.17, 15) is 10.1 Å². The smallest absolute Gasteiger partial charge is 0.225 e. The van der Waals surface area contributed by atoms with Crippen molar-refractivity contribution in [2.24, 2.45) is 5.92 Å². The number of ether oxygens (including phenoxy) is 1. The third kappa shape index (κ3) is 3.28. The molecule has 3 saturated heterocycles. The number of methoxy groups -OCH3 is 1. The largest absolute Gasteiger partial charge is 0.494 e. The summed E-state index contributed by atoms with van der Waals surface area (Å²) < 4.78 is 5.20. The monoisotopic (exact) mass is 408 g/mol. The lowest BCUT2D eigenvalue weighted by atomic mass is 9.95. The molecule has 0 radical (unpaired) electrons. The molecule has 1 N–H and O–H groups in total. The Kier molecular flexibility index (Phi) is 5.00. The lowest BCUT2D eigenvalue weighted by Gasteiger charge is -2.24. The molecule has 3 aliphatic rings. The molecule has 1 amide bonds. The maximum Gasteiger partial charge on any atom is 0.225 e. The van der Waals surface area contributed by atoms with Gasteiger partial charge < -0.3 is 19.9 Å². The van der Waals surface area contributed by atoms with Gasteiger partial charge in [-0.05, 0) is 37.8 Å². The molecule has 0 saturated carbocycles. The minimum atomic E-state index is -0.0701. The van der Waals surface area contributed by atoms with Crippen molar-refractivity contribution in [1.82, 2.24) is 10.2 Å². The van der Waals surface area contributed by atoms with Gasteiger partial charge in [-0.1, -0.05) is 23.2 Å². The van der Waals surface area contributed by atoms with Crippen LogP contribution in [0.1, 0.15) is 25.7 Å². The van der Waals surface area contributed by atoms with Crippen LogP contribution in [0.4, 0.5) is 5.69 Å². The third-order valence-corrected chi connectivity index (χ3v) is 6.65. The number of nitriles is 1. The minimum Gasteiger partial charge on any atom is -0.494 e. The number of amides is 1. The van der Waals surface area contributed by atoms with Gasteiger partial charge in [0.2, 0.25) is 5.91 Å². The van der Waals surface area contributed by atoms with E-state index in [4.69, 9.17) is 27.9 Å². The molecular formula is C19H22Cl2N4O2. The Balaban J connectivity index is 1.39. The van der Waals surface area contributed by atoms with E-state index in [2.05, 4.69) is 16.4 Å². The van der Waals surface area contributed by atoms with Crippen LogP contribution in [0.15, 0.2) is 12.1 Å². The number of carbonyl (C=O) groups excluding carboxylic acids is 1. The summed E-state index contributed by atoms with van der Waals surface area (Å²) in [6.07, 6.45) is 6.00. The molecule has 2 bridgehead atoms. The highest BCUT2D eigenvalue weighted by molar-refractivity contribution is 6.37. The van der Waals surface area contributed by atoms with Gasteiger partial charge in [-0.3, -0.25) is 4.79 Å². The van der Waals surface area contributed by atoms with Crippen molar-refractivity contribution in [3.8, 4) is 11.9 Å². The predicted octanol–water partition coefficient (Wildman–Crippen LogP) is 3.03. The highest BCUT2D eigenvalue weighted by Gasteiger charge is 2.47. The second-order valence-electron chi connectivity index (χ2n) is 7.53. The van der Waals surface area contributed by atoms with Crippen LogP contribution < -0.4 is 15.0 Å². The first-order chi connectivity index (χ1) is 13.0.